The average Bonchev–Trinajstić information content (AvgIpc) is 2.50. The number of halogens is 3. The molecule has 2 aromatic rings. The maximum Gasteiger partial charge on any atom is 0.271 e. The molecule has 2 aromatic carbocycles. The molecule has 2 rings (SSSR count). The van der Waals surface area contributed by atoms with E-state index in [-0.39, 0.29) is 5.91 Å². The Hall–Kier alpha value is -1.37. The summed E-state index contributed by atoms with van der Waals surface area (Å²) in [6.07, 6.45) is 1.53. The average molecular weight is 461 g/mol. The maximum atomic E-state index is 12.0. The zero-order valence-corrected chi connectivity index (χ0v) is 16.1. The van der Waals surface area contributed by atoms with Crippen LogP contribution >= 0.6 is 43.5 Å². The van der Waals surface area contributed by atoms with E-state index in [1.807, 2.05) is 19.1 Å². The predicted molar refractivity (Wildman–Crippen MR) is 99.5 cm³/mol. The summed E-state index contributed by atoms with van der Waals surface area (Å²) >= 11 is 12.7. The van der Waals surface area contributed by atoms with Gasteiger partial charge in [-0.3, -0.25) is 4.79 Å². The zero-order valence-electron chi connectivity index (χ0n) is 12.1. The van der Waals surface area contributed by atoms with Crippen molar-refractivity contribution in [1.82, 2.24) is 5.43 Å². The second-order valence-electron chi connectivity index (χ2n) is 4.45. The Balaban J connectivity index is 2.15. The van der Waals surface area contributed by atoms with Crippen LogP contribution in [0.3, 0.4) is 0 Å². The Bertz CT molecular complexity index is 751. The van der Waals surface area contributed by atoms with Gasteiger partial charge in [0.2, 0.25) is 0 Å². The summed E-state index contributed by atoms with van der Waals surface area (Å²) in [7, 11) is 0. The SMILES string of the molecule is CCOc1c(Br)cc(Br)cc1/C=N\NC(=O)c1cccc(Cl)c1. The van der Waals surface area contributed by atoms with E-state index in [0.29, 0.717) is 22.9 Å². The van der Waals surface area contributed by atoms with E-state index in [9.17, 15) is 4.79 Å². The highest BCUT2D eigenvalue weighted by molar-refractivity contribution is 9.11. The highest BCUT2D eigenvalue weighted by Crippen LogP contribution is 2.32. The lowest BCUT2D eigenvalue weighted by molar-refractivity contribution is 0.0955. The van der Waals surface area contributed by atoms with Gasteiger partial charge in [-0.1, -0.05) is 33.6 Å². The molecule has 0 saturated heterocycles. The van der Waals surface area contributed by atoms with Gasteiger partial charge in [0.25, 0.3) is 5.91 Å². The standard InChI is InChI=1S/C16H13Br2ClN2O2/c1-2-23-15-11(6-12(17)8-14(15)18)9-20-21-16(22)10-4-3-5-13(19)7-10/h3-9H,2H2,1H3,(H,21,22)/b20-9-. The van der Waals surface area contributed by atoms with Crippen LogP contribution in [-0.4, -0.2) is 18.7 Å². The van der Waals surface area contributed by atoms with Gasteiger partial charge in [-0.15, -0.1) is 0 Å². The van der Waals surface area contributed by atoms with E-state index < -0.39 is 0 Å². The Morgan fingerprint density at radius 2 is 2.13 bits per heavy atom. The zero-order chi connectivity index (χ0) is 16.8. The number of hydrogen-bond donors (Lipinski definition) is 1. The normalized spacial score (nSPS) is 10.8. The number of carbonyl (C=O) groups is 1. The van der Waals surface area contributed by atoms with E-state index in [4.69, 9.17) is 16.3 Å². The molecule has 1 amide bonds. The Morgan fingerprint density at radius 3 is 2.83 bits per heavy atom. The first-order valence-corrected chi connectivity index (χ1v) is 8.68. The molecule has 0 fully saturated rings. The third-order valence-electron chi connectivity index (χ3n) is 2.78. The fourth-order valence-electron chi connectivity index (χ4n) is 1.83. The lowest BCUT2D eigenvalue weighted by Gasteiger charge is -2.10. The molecular weight excluding hydrogens is 447 g/mol. The first-order chi connectivity index (χ1) is 11.0. The third kappa shape index (κ3) is 5.06. The minimum atomic E-state index is -0.337. The molecular formula is C16H13Br2ClN2O2. The van der Waals surface area contributed by atoms with Crippen molar-refractivity contribution >= 4 is 55.6 Å². The molecule has 23 heavy (non-hydrogen) atoms. The number of benzene rings is 2. The van der Waals surface area contributed by atoms with Crippen LogP contribution in [-0.2, 0) is 0 Å². The first-order valence-electron chi connectivity index (χ1n) is 6.72. The van der Waals surface area contributed by atoms with Gasteiger partial charge in [0, 0.05) is 20.6 Å². The molecule has 0 radical (unpaired) electrons. The number of ether oxygens (including phenoxy) is 1. The van der Waals surface area contributed by atoms with Gasteiger partial charge in [0.05, 0.1) is 17.3 Å². The summed E-state index contributed by atoms with van der Waals surface area (Å²) < 4.78 is 7.26. The largest absolute Gasteiger partial charge is 0.492 e. The third-order valence-corrected chi connectivity index (χ3v) is 4.06. The van der Waals surface area contributed by atoms with Gasteiger partial charge in [0.1, 0.15) is 5.75 Å². The number of nitrogens with zero attached hydrogens (tertiary/aromatic N) is 1. The van der Waals surface area contributed by atoms with Crippen LogP contribution < -0.4 is 10.2 Å². The van der Waals surface area contributed by atoms with Gasteiger partial charge >= 0.3 is 0 Å². The smallest absolute Gasteiger partial charge is 0.271 e. The highest BCUT2D eigenvalue weighted by atomic mass is 79.9. The van der Waals surface area contributed by atoms with Crippen molar-refractivity contribution in [2.24, 2.45) is 5.10 Å². The molecule has 120 valence electrons. The van der Waals surface area contributed by atoms with Crippen molar-refractivity contribution in [2.45, 2.75) is 6.92 Å². The summed E-state index contributed by atoms with van der Waals surface area (Å²) in [5, 5.41) is 4.48. The van der Waals surface area contributed by atoms with Gasteiger partial charge in [0.15, 0.2) is 0 Å². The molecule has 0 aliphatic rings. The molecule has 0 atom stereocenters. The fourth-order valence-corrected chi connectivity index (χ4v) is 3.39. The maximum absolute atomic E-state index is 12.0. The van der Waals surface area contributed by atoms with Crippen LogP contribution in [0, 0.1) is 0 Å². The van der Waals surface area contributed by atoms with Crippen LogP contribution in [0.15, 0.2) is 50.4 Å². The number of hydrogen-bond acceptors (Lipinski definition) is 3. The predicted octanol–water partition coefficient (Wildman–Crippen LogP) is 5.03. The van der Waals surface area contributed by atoms with Gasteiger partial charge in [-0.05, 0) is 53.2 Å². The molecule has 1 N–H and O–H groups in total. The van der Waals surface area contributed by atoms with E-state index >= 15 is 0 Å². The fraction of sp³-hybridized carbons (Fsp3) is 0.125. The second-order valence-corrected chi connectivity index (χ2v) is 6.65. The molecule has 7 heteroatoms. The number of hydrazone groups is 1. The summed E-state index contributed by atoms with van der Waals surface area (Å²) in [5.74, 6) is 0.326. The summed E-state index contributed by atoms with van der Waals surface area (Å²) in [6, 6.07) is 10.4. The molecule has 0 unspecified atom stereocenters. The number of rotatable bonds is 5. The summed E-state index contributed by atoms with van der Waals surface area (Å²) in [5.41, 5.74) is 3.64. The minimum absolute atomic E-state index is 0.337. The lowest BCUT2D eigenvalue weighted by Crippen LogP contribution is -2.17. The quantitative estimate of drug-likeness (QED) is 0.503. The van der Waals surface area contributed by atoms with Crippen molar-refractivity contribution in [3.05, 3.63) is 61.5 Å². The van der Waals surface area contributed by atoms with Crippen molar-refractivity contribution in [2.75, 3.05) is 6.61 Å². The molecule has 0 heterocycles. The van der Waals surface area contributed by atoms with Crippen molar-refractivity contribution in [3.63, 3.8) is 0 Å². The van der Waals surface area contributed by atoms with Crippen LogP contribution in [0.2, 0.25) is 5.02 Å². The van der Waals surface area contributed by atoms with Crippen molar-refractivity contribution in [3.8, 4) is 5.75 Å². The summed E-state index contributed by atoms with van der Waals surface area (Å²) in [6.45, 7) is 2.42. The molecule has 0 saturated carbocycles. The van der Waals surface area contributed by atoms with E-state index in [2.05, 4.69) is 42.4 Å². The number of amides is 1. The minimum Gasteiger partial charge on any atom is -0.492 e. The molecule has 0 aliphatic heterocycles. The molecule has 0 bridgehead atoms. The molecule has 0 aliphatic carbocycles. The first kappa shape index (κ1) is 18.0. The molecule has 4 nitrogen and oxygen atoms in total. The molecule has 0 aromatic heterocycles. The van der Waals surface area contributed by atoms with Crippen LogP contribution in [0.5, 0.6) is 5.75 Å². The van der Waals surface area contributed by atoms with Crippen LogP contribution in [0.25, 0.3) is 0 Å². The van der Waals surface area contributed by atoms with E-state index in [0.717, 1.165) is 14.5 Å². The van der Waals surface area contributed by atoms with Gasteiger partial charge < -0.3 is 4.74 Å². The topological polar surface area (TPSA) is 50.7 Å². The highest BCUT2D eigenvalue weighted by Gasteiger charge is 2.09. The Morgan fingerprint density at radius 1 is 1.35 bits per heavy atom. The summed E-state index contributed by atoms with van der Waals surface area (Å²) in [4.78, 5) is 12.0. The van der Waals surface area contributed by atoms with E-state index in [1.165, 1.54) is 6.21 Å². The Labute approximate surface area is 156 Å². The lowest BCUT2D eigenvalue weighted by atomic mass is 10.2. The van der Waals surface area contributed by atoms with Gasteiger partial charge in [-0.25, -0.2) is 5.43 Å². The number of nitrogens with one attached hydrogen (secondary N) is 1. The van der Waals surface area contributed by atoms with E-state index in [1.54, 1.807) is 24.3 Å². The molecule has 0 spiro atoms. The van der Waals surface area contributed by atoms with Crippen LogP contribution in [0.1, 0.15) is 22.8 Å². The van der Waals surface area contributed by atoms with Crippen LogP contribution in [0.4, 0.5) is 0 Å². The van der Waals surface area contributed by atoms with Crippen molar-refractivity contribution < 1.29 is 9.53 Å². The van der Waals surface area contributed by atoms with Crippen molar-refractivity contribution in [1.29, 1.82) is 0 Å². The number of carbonyl (C=O) groups excluding carboxylic acids is 1. The Kier molecular flexibility index (Phi) is 6.62. The second kappa shape index (κ2) is 8.47. The van der Waals surface area contributed by atoms with Gasteiger partial charge in [-0.2, -0.15) is 5.10 Å². The monoisotopic (exact) mass is 458 g/mol.